The monoisotopic (exact) mass is 342 g/mol. The Bertz CT molecular complexity index is 843. The Morgan fingerprint density at radius 1 is 1.17 bits per heavy atom. The smallest absolute Gasteiger partial charge is 0.229 e. The van der Waals surface area contributed by atoms with Crippen LogP contribution in [-0.4, -0.2) is 24.6 Å². The van der Waals surface area contributed by atoms with Crippen molar-refractivity contribution in [3.63, 3.8) is 0 Å². The number of methoxy groups -OCH3 is 1. The molecule has 0 spiro atoms. The summed E-state index contributed by atoms with van der Waals surface area (Å²) in [5.74, 6) is 1.42. The molecule has 0 unspecified atom stereocenters. The number of carbonyl (C=O) groups excluding carboxylic acids is 1. The number of nitrogens with zero attached hydrogens (tertiary/aromatic N) is 1. The Hall–Kier alpha value is -2.60. The van der Waals surface area contributed by atoms with Gasteiger partial charge in [0.05, 0.1) is 30.4 Å². The molecule has 124 valence electrons. The predicted molar refractivity (Wildman–Crippen MR) is 96.1 cm³/mol. The van der Waals surface area contributed by atoms with Crippen LogP contribution < -0.4 is 14.8 Å². The second-order valence-electron chi connectivity index (χ2n) is 5.31. The van der Waals surface area contributed by atoms with E-state index in [4.69, 9.17) is 9.47 Å². The molecule has 24 heavy (non-hydrogen) atoms. The molecule has 0 saturated heterocycles. The quantitative estimate of drug-likeness (QED) is 0.735. The molecule has 0 aliphatic rings. The van der Waals surface area contributed by atoms with Crippen LogP contribution in [0.15, 0.2) is 42.5 Å². The highest BCUT2D eigenvalue weighted by atomic mass is 32.1. The molecule has 1 aromatic heterocycles. The van der Waals surface area contributed by atoms with Gasteiger partial charge in [-0.2, -0.15) is 0 Å². The van der Waals surface area contributed by atoms with E-state index in [9.17, 15) is 4.79 Å². The number of anilines is 1. The van der Waals surface area contributed by atoms with E-state index in [1.165, 1.54) is 16.9 Å². The van der Waals surface area contributed by atoms with Crippen LogP contribution >= 0.6 is 11.3 Å². The maximum absolute atomic E-state index is 12.0. The zero-order valence-corrected chi connectivity index (χ0v) is 14.4. The predicted octanol–water partition coefficient (Wildman–Crippen LogP) is 4.02. The highest BCUT2D eigenvalue weighted by Gasteiger charge is 2.09. The first-order chi connectivity index (χ1) is 11.6. The number of fused-ring (bicyclic) bond motifs is 1. The lowest BCUT2D eigenvalue weighted by atomic mass is 10.2. The fourth-order valence-electron chi connectivity index (χ4n) is 2.16. The topological polar surface area (TPSA) is 60.5 Å². The fourth-order valence-corrected chi connectivity index (χ4v) is 3.07. The zero-order chi connectivity index (χ0) is 16.9. The summed E-state index contributed by atoms with van der Waals surface area (Å²) >= 11 is 1.42. The summed E-state index contributed by atoms with van der Waals surface area (Å²) in [6, 6.07) is 13.4. The van der Waals surface area contributed by atoms with E-state index in [2.05, 4.69) is 10.3 Å². The van der Waals surface area contributed by atoms with Crippen molar-refractivity contribution < 1.29 is 14.3 Å². The van der Waals surface area contributed by atoms with Crippen LogP contribution in [0.1, 0.15) is 12.0 Å². The highest BCUT2D eigenvalue weighted by molar-refractivity contribution is 7.22. The van der Waals surface area contributed by atoms with Gasteiger partial charge < -0.3 is 14.8 Å². The molecular weight excluding hydrogens is 324 g/mol. The molecule has 0 atom stereocenters. The second kappa shape index (κ2) is 7.31. The van der Waals surface area contributed by atoms with E-state index >= 15 is 0 Å². The van der Waals surface area contributed by atoms with Gasteiger partial charge >= 0.3 is 0 Å². The van der Waals surface area contributed by atoms with E-state index in [-0.39, 0.29) is 12.3 Å². The molecule has 0 bridgehead atoms. The van der Waals surface area contributed by atoms with Gasteiger partial charge in [0.15, 0.2) is 5.13 Å². The van der Waals surface area contributed by atoms with Crippen molar-refractivity contribution in [2.24, 2.45) is 0 Å². The maximum Gasteiger partial charge on any atom is 0.229 e. The van der Waals surface area contributed by atoms with Crippen molar-refractivity contribution in [3.8, 4) is 11.5 Å². The number of hydrogen-bond donors (Lipinski definition) is 1. The third-order valence-electron chi connectivity index (χ3n) is 3.46. The van der Waals surface area contributed by atoms with Gasteiger partial charge in [0.25, 0.3) is 0 Å². The first kappa shape index (κ1) is 16.3. The van der Waals surface area contributed by atoms with Crippen LogP contribution in [0.5, 0.6) is 11.5 Å². The average Bonchev–Trinajstić information content (AvgIpc) is 2.97. The van der Waals surface area contributed by atoms with E-state index in [1.807, 2.05) is 49.4 Å². The van der Waals surface area contributed by atoms with Gasteiger partial charge in [-0.05, 0) is 37.3 Å². The zero-order valence-electron chi connectivity index (χ0n) is 13.5. The Kier molecular flexibility index (Phi) is 4.96. The maximum atomic E-state index is 12.0. The molecule has 0 saturated carbocycles. The molecule has 3 rings (SSSR count). The number of carbonyl (C=O) groups is 1. The van der Waals surface area contributed by atoms with Crippen LogP contribution in [0.2, 0.25) is 0 Å². The Morgan fingerprint density at radius 3 is 2.67 bits per heavy atom. The molecule has 3 aromatic rings. The van der Waals surface area contributed by atoms with Gasteiger partial charge in [-0.3, -0.25) is 4.79 Å². The largest absolute Gasteiger partial charge is 0.497 e. The van der Waals surface area contributed by atoms with Gasteiger partial charge in [-0.1, -0.05) is 29.0 Å². The molecular formula is C18H18N2O3S. The summed E-state index contributed by atoms with van der Waals surface area (Å²) < 4.78 is 11.7. The van der Waals surface area contributed by atoms with E-state index < -0.39 is 0 Å². The molecule has 5 nitrogen and oxygen atoms in total. The van der Waals surface area contributed by atoms with Crippen LogP contribution in [0, 0.1) is 6.92 Å². The van der Waals surface area contributed by atoms with Gasteiger partial charge in [0.1, 0.15) is 11.5 Å². The molecule has 1 amide bonds. The van der Waals surface area contributed by atoms with Crippen LogP contribution in [0.4, 0.5) is 5.13 Å². The number of ether oxygens (including phenoxy) is 2. The van der Waals surface area contributed by atoms with Gasteiger partial charge in [0, 0.05) is 0 Å². The van der Waals surface area contributed by atoms with E-state index in [0.717, 1.165) is 21.7 Å². The number of amides is 1. The summed E-state index contributed by atoms with van der Waals surface area (Å²) in [4.78, 5) is 16.4. The summed E-state index contributed by atoms with van der Waals surface area (Å²) in [6.45, 7) is 2.35. The summed E-state index contributed by atoms with van der Waals surface area (Å²) in [5, 5.41) is 3.39. The number of benzene rings is 2. The minimum absolute atomic E-state index is 0.117. The minimum Gasteiger partial charge on any atom is -0.497 e. The molecule has 2 aromatic carbocycles. The number of nitrogens with one attached hydrogen (secondary N) is 1. The third-order valence-corrected chi connectivity index (χ3v) is 4.39. The number of aryl methyl sites for hydroxylation is 1. The first-order valence-electron chi connectivity index (χ1n) is 7.58. The lowest BCUT2D eigenvalue weighted by Crippen LogP contribution is -2.15. The van der Waals surface area contributed by atoms with Gasteiger partial charge in [-0.15, -0.1) is 0 Å². The molecule has 1 heterocycles. The van der Waals surface area contributed by atoms with Crippen molar-refractivity contribution in [2.45, 2.75) is 13.3 Å². The molecule has 6 heteroatoms. The van der Waals surface area contributed by atoms with Gasteiger partial charge in [-0.25, -0.2) is 4.98 Å². The number of aromatic nitrogens is 1. The SMILES string of the molecule is COc1ccc2nc(NC(=O)CCOc3ccc(C)cc3)sc2c1. The molecule has 0 fully saturated rings. The fraction of sp³-hybridized carbons (Fsp3) is 0.222. The second-order valence-corrected chi connectivity index (χ2v) is 6.34. The Balaban J connectivity index is 1.53. The number of hydrogen-bond acceptors (Lipinski definition) is 5. The molecule has 0 radical (unpaired) electrons. The summed E-state index contributed by atoms with van der Waals surface area (Å²) in [6.07, 6.45) is 0.271. The number of thiazole rings is 1. The molecule has 0 aliphatic heterocycles. The third kappa shape index (κ3) is 4.02. The average molecular weight is 342 g/mol. The van der Waals surface area contributed by atoms with Gasteiger partial charge in [0.2, 0.25) is 5.91 Å². The molecule has 0 aliphatic carbocycles. The highest BCUT2D eigenvalue weighted by Crippen LogP contribution is 2.29. The van der Waals surface area contributed by atoms with Crippen LogP contribution in [0.25, 0.3) is 10.2 Å². The van der Waals surface area contributed by atoms with Crippen molar-refractivity contribution in [1.29, 1.82) is 0 Å². The van der Waals surface area contributed by atoms with Crippen molar-refractivity contribution in [3.05, 3.63) is 48.0 Å². The standard InChI is InChI=1S/C18H18N2O3S/c1-12-3-5-13(6-4-12)23-10-9-17(21)20-18-19-15-8-7-14(22-2)11-16(15)24-18/h3-8,11H,9-10H2,1-2H3,(H,19,20,21). The van der Waals surface area contributed by atoms with Crippen molar-refractivity contribution >= 4 is 32.6 Å². The lowest BCUT2D eigenvalue weighted by Gasteiger charge is -2.06. The molecule has 1 N–H and O–H groups in total. The van der Waals surface area contributed by atoms with E-state index in [0.29, 0.717) is 11.7 Å². The Morgan fingerprint density at radius 2 is 1.92 bits per heavy atom. The normalized spacial score (nSPS) is 10.6. The minimum atomic E-state index is -0.117. The van der Waals surface area contributed by atoms with Crippen molar-refractivity contribution in [1.82, 2.24) is 4.98 Å². The lowest BCUT2D eigenvalue weighted by molar-refractivity contribution is -0.116. The summed E-state index contributed by atoms with van der Waals surface area (Å²) in [5.41, 5.74) is 2.01. The first-order valence-corrected chi connectivity index (χ1v) is 8.39. The number of rotatable bonds is 6. The van der Waals surface area contributed by atoms with E-state index in [1.54, 1.807) is 7.11 Å². The Labute approximate surface area is 144 Å². The van der Waals surface area contributed by atoms with Crippen LogP contribution in [0.3, 0.4) is 0 Å². The van der Waals surface area contributed by atoms with Crippen LogP contribution in [-0.2, 0) is 4.79 Å². The van der Waals surface area contributed by atoms with Crippen molar-refractivity contribution in [2.75, 3.05) is 19.0 Å². The summed E-state index contributed by atoms with van der Waals surface area (Å²) in [7, 11) is 1.62.